The first-order valence-electron chi connectivity index (χ1n) is 5.22. The number of hydrogen-bond donors (Lipinski definition) is 1. The maximum atomic E-state index is 11.7. The lowest BCUT2D eigenvalue weighted by Gasteiger charge is -2.28. The second-order valence-electron chi connectivity index (χ2n) is 3.92. The molecule has 92 valence electrons. The summed E-state index contributed by atoms with van der Waals surface area (Å²) in [6.07, 6.45) is 1.92. The fraction of sp³-hybridized carbons (Fsp3) is 0.500. The second-order valence-corrected chi connectivity index (χ2v) is 3.92. The van der Waals surface area contributed by atoms with E-state index in [1.54, 1.807) is 17.9 Å². The summed E-state index contributed by atoms with van der Waals surface area (Å²) in [5.41, 5.74) is 0. The highest BCUT2D eigenvalue weighted by atomic mass is 16.5. The van der Waals surface area contributed by atoms with Crippen LogP contribution in [0.3, 0.4) is 0 Å². The zero-order valence-electron chi connectivity index (χ0n) is 9.37. The Balaban J connectivity index is 1.96. The van der Waals surface area contributed by atoms with E-state index in [1.807, 2.05) is 0 Å². The molecule has 2 rings (SSSR count). The van der Waals surface area contributed by atoms with Gasteiger partial charge in [-0.1, -0.05) is 0 Å². The molecule has 1 aromatic heterocycles. The minimum atomic E-state index is -1.07. The van der Waals surface area contributed by atoms with Gasteiger partial charge < -0.3 is 14.7 Å². The molecule has 0 aliphatic carbocycles. The van der Waals surface area contributed by atoms with Crippen LogP contribution in [0, 0.1) is 0 Å². The van der Waals surface area contributed by atoms with Crippen LogP contribution in [0.25, 0.3) is 0 Å². The van der Waals surface area contributed by atoms with Gasteiger partial charge in [0.1, 0.15) is 0 Å². The van der Waals surface area contributed by atoms with Crippen LogP contribution in [0.15, 0.2) is 12.4 Å². The number of rotatable bonds is 2. The van der Waals surface area contributed by atoms with Crippen molar-refractivity contribution in [2.75, 3.05) is 13.1 Å². The van der Waals surface area contributed by atoms with Crippen molar-refractivity contribution in [1.82, 2.24) is 14.7 Å². The molecule has 7 heteroatoms. The molecule has 1 saturated heterocycles. The number of hydrogen-bond acceptors (Lipinski definition) is 4. The van der Waals surface area contributed by atoms with E-state index in [1.165, 1.54) is 6.20 Å². The highest BCUT2D eigenvalue weighted by molar-refractivity contribution is 5.88. The van der Waals surface area contributed by atoms with Crippen LogP contribution in [-0.4, -0.2) is 50.9 Å². The van der Waals surface area contributed by atoms with Crippen LogP contribution in [-0.2, 0) is 11.8 Å². The standard InChI is InChI=1S/C10H13N3O4/c1-12-5-7(4-11-12)17-9-2-3-13(10(15)16)6-8(9)14/h4-5,9H,2-3,6H2,1H3,(H,15,16). The molecule has 1 aromatic rings. The largest absolute Gasteiger partial charge is 0.479 e. The van der Waals surface area contributed by atoms with E-state index in [9.17, 15) is 9.59 Å². The summed E-state index contributed by atoms with van der Waals surface area (Å²) in [6.45, 7) is 0.201. The second kappa shape index (κ2) is 4.44. The molecule has 2 heterocycles. The van der Waals surface area contributed by atoms with Crippen molar-refractivity contribution in [3.63, 3.8) is 0 Å². The molecule has 1 atom stereocenters. The average Bonchev–Trinajstić information content (AvgIpc) is 2.67. The van der Waals surface area contributed by atoms with Crippen LogP contribution >= 0.6 is 0 Å². The predicted octanol–water partition coefficient (Wildman–Crippen LogP) is 0.120. The molecule has 1 aliphatic heterocycles. The van der Waals surface area contributed by atoms with Gasteiger partial charge in [-0.05, 0) is 0 Å². The van der Waals surface area contributed by atoms with Crippen LogP contribution in [0.1, 0.15) is 6.42 Å². The Labute approximate surface area is 97.6 Å². The van der Waals surface area contributed by atoms with Gasteiger partial charge in [0, 0.05) is 20.0 Å². The Bertz CT molecular complexity index is 443. The fourth-order valence-corrected chi connectivity index (χ4v) is 1.71. The number of ether oxygens (including phenoxy) is 1. The van der Waals surface area contributed by atoms with E-state index in [0.717, 1.165) is 4.90 Å². The highest BCUT2D eigenvalue weighted by Gasteiger charge is 2.31. The number of carbonyl (C=O) groups is 2. The maximum Gasteiger partial charge on any atom is 0.407 e. The third kappa shape index (κ3) is 2.55. The Morgan fingerprint density at radius 3 is 2.94 bits per heavy atom. The van der Waals surface area contributed by atoms with Crippen LogP contribution in [0.5, 0.6) is 5.75 Å². The van der Waals surface area contributed by atoms with E-state index < -0.39 is 12.2 Å². The lowest BCUT2D eigenvalue weighted by Crippen LogP contribution is -2.47. The van der Waals surface area contributed by atoms with Gasteiger partial charge in [0.25, 0.3) is 0 Å². The molecule has 0 aromatic carbocycles. The SMILES string of the molecule is Cn1cc(OC2CCN(C(=O)O)CC2=O)cn1. The summed E-state index contributed by atoms with van der Waals surface area (Å²) >= 11 is 0. The quantitative estimate of drug-likeness (QED) is 0.792. The van der Waals surface area contributed by atoms with Crippen LogP contribution in [0.4, 0.5) is 4.79 Å². The first-order chi connectivity index (χ1) is 8.06. The predicted molar refractivity (Wildman–Crippen MR) is 56.8 cm³/mol. The third-order valence-corrected chi connectivity index (χ3v) is 2.60. The smallest absolute Gasteiger partial charge is 0.407 e. The molecule has 1 N–H and O–H groups in total. The molecule has 0 spiro atoms. The Kier molecular flexibility index (Phi) is 2.99. The van der Waals surface area contributed by atoms with Gasteiger partial charge in [-0.3, -0.25) is 9.48 Å². The van der Waals surface area contributed by atoms with E-state index >= 15 is 0 Å². The van der Waals surface area contributed by atoms with Crippen molar-refractivity contribution < 1.29 is 19.4 Å². The van der Waals surface area contributed by atoms with Crippen molar-refractivity contribution in [2.45, 2.75) is 12.5 Å². The van der Waals surface area contributed by atoms with E-state index in [4.69, 9.17) is 9.84 Å². The van der Waals surface area contributed by atoms with Crippen molar-refractivity contribution in [3.05, 3.63) is 12.4 Å². The van der Waals surface area contributed by atoms with Crippen LogP contribution in [0.2, 0.25) is 0 Å². The topological polar surface area (TPSA) is 84.7 Å². The minimum Gasteiger partial charge on any atom is -0.479 e. The average molecular weight is 239 g/mol. The lowest BCUT2D eigenvalue weighted by atomic mass is 10.1. The van der Waals surface area contributed by atoms with Crippen LogP contribution < -0.4 is 4.74 Å². The molecule has 0 saturated carbocycles. The summed E-state index contributed by atoms with van der Waals surface area (Å²) in [6, 6.07) is 0. The number of ketones is 1. The summed E-state index contributed by atoms with van der Waals surface area (Å²) in [5, 5.41) is 12.7. The number of Topliss-reactive ketones (excluding diaryl/α,β-unsaturated/α-hetero) is 1. The summed E-state index contributed by atoms with van der Waals surface area (Å²) in [7, 11) is 1.75. The monoisotopic (exact) mass is 239 g/mol. The highest BCUT2D eigenvalue weighted by Crippen LogP contribution is 2.16. The Morgan fingerprint density at radius 2 is 2.41 bits per heavy atom. The van der Waals surface area contributed by atoms with E-state index in [2.05, 4.69) is 5.10 Å². The van der Waals surface area contributed by atoms with Gasteiger partial charge in [0.05, 0.1) is 18.9 Å². The summed E-state index contributed by atoms with van der Waals surface area (Å²) < 4.78 is 7.04. The van der Waals surface area contributed by atoms with Gasteiger partial charge in [-0.25, -0.2) is 4.79 Å². The normalized spacial score (nSPS) is 20.4. The molecular formula is C10H13N3O4. The first-order valence-corrected chi connectivity index (χ1v) is 5.22. The van der Waals surface area contributed by atoms with Gasteiger partial charge in [-0.2, -0.15) is 5.10 Å². The zero-order valence-corrected chi connectivity index (χ0v) is 9.37. The minimum absolute atomic E-state index is 0.111. The molecule has 1 aliphatic rings. The number of aryl methyl sites for hydroxylation is 1. The number of aromatic nitrogens is 2. The molecular weight excluding hydrogens is 226 g/mol. The number of amides is 1. The van der Waals surface area contributed by atoms with Crippen molar-refractivity contribution >= 4 is 11.9 Å². The number of piperidine rings is 1. The molecule has 1 fully saturated rings. The lowest BCUT2D eigenvalue weighted by molar-refractivity contribution is -0.129. The zero-order chi connectivity index (χ0) is 12.4. The number of nitrogens with zero attached hydrogens (tertiary/aromatic N) is 3. The summed E-state index contributed by atoms with van der Waals surface area (Å²) in [5.74, 6) is 0.303. The van der Waals surface area contributed by atoms with Crippen molar-refractivity contribution in [2.24, 2.45) is 7.05 Å². The first kappa shape index (κ1) is 11.4. The number of likely N-dealkylation sites (tertiary alicyclic amines) is 1. The fourth-order valence-electron chi connectivity index (χ4n) is 1.71. The van der Waals surface area contributed by atoms with Gasteiger partial charge >= 0.3 is 6.09 Å². The molecule has 0 radical (unpaired) electrons. The molecule has 0 bridgehead atoms. The Hall–Kier alpha value is -2.05. The van der Waals surface area contributed by atoms with E-state index in [-0.39, 0.29) is 12.3 Å². The molecule has 1 unspecified atom stereocenters. The van der Waals surface area contributed by atoms with Gasteiger partial charge in [-0.15, -0.1) is 0 Å². The maximum absolute atomic E-state index is 11.7. The van der Waals surface area contributed by atoms with Gasteiger partial charge in [0.15, 0.2) is 17.6 Å². The summed E-state index contributed by atoms with van der Waals surface area (Å²) in [4.78, 5) is 23.4. The molecule has 17 heavy (non-hydrogen) atoms. The third-order valence-electron chi connectivity index (χ3n) is 2.60. The van der Waals surface area contributed by atoms with E-state index in [0.29, 0.717) is 18.7 Å². The Morgan fingerprint density at radius 1 is 1.65 bits per heavy atom. The number of carboxylic acid groups (broad SMARTS) is 1. The van der Waals surface area contributed by atoms with Gasteiger partial charge in [0.2, 0.25) is 0 Å². The molecule has 1 amide bonds. The molecule has 7 nitrogen and oxygen atoms in total. The van der Waals surface area contributed by atoms with Crippen molar-refractivity contribution in [3.8, 4) is 5.75 Å². The van der Waals surface area contributed by atoms with Crippen molar-refractivity contribution in [1.29, 1.82) is 0 Å². The number of carbonyl (C=O) groups excluding carboxylic acids is 1.